The van der Waals surface area contributed by atoms with E-state index >= 15 is 0 Å². The average molecular weight is 252 g/mol. The van der Waals surface area contributed by atoms with Gasteiger partial charge in [0.25, 0.3) is 0 Å². The number of benzene rings is 1. The van der Waals surface area contributed by atoms with Crippen molar-refractivity contribution in [1.82, 2.24) is 0 Å². The molecule has 1 nitrogen and oxygen atoms in total. The smallest absolute Gasteiger partial charge is 0.166 e. The first-order valence-corrected chi connectivity index (χ1v) is 6.60. The number of ketones is 1. The predicted molar refractivity (Wildman–Crippen MR) is 66.4 cm³/mol. The molecule has 98 valence electrons. The Labute approximate surface area is 106 Å². The van der Waals surface area contributed by atoms with Gasteiger partial charge in [-0.1, -0.05) is 26.2 Å². The number of hydrogen-bond acceptors (Lipinski definition) is 1. The fraction of sp³-hybridized carbons (Fsp3) is 0.533. The van der Waals surface area contributed by atoms with E-state index in [0.29, 0.717) is 5.92 Å². The highest BCUT2D eigenvalue weighted by atomic mass is 19.1. The summed E-state index contributed by atoms with van der Waals surface area (Å²) in [4.78, 5) is 12.2. The summed E-state index contributed by atoms with van der Waals surface area (Å²) in [7, 11) is 0. The minimum atomic E-state index is -0.679. The molecule has 2 rings (SSSR count). The Morgan fingerprint density at radius 1 is 1.22 bits per heavy atom. The van der Waals surface area contributed by atoms with Crippen LogP contribution in [-0.2, 0) is 0 Å². The maximum absolute atomic E-state index is 13.1. The van der Waals surface area contributed by atoms with Gasteiger partial charge in [-0.15, -0.1) is 0 Å². The van der Waals surface area contributed by atoms with Crippen molar-refractivity contribution in [2.24, 2.45) is 11.8 Å². The first-order chi connectivity index (χ1) is 8.60. The second-order valence-electron chi connectivity index (χ2n) is 5.16. The van der Waals surface area contributed by atoms with Crippen LogP contribution in [0.15, 0.2) is 18.2 Å². The molecule has 1 fully saturated rings. The van der Waals surface area contributed by atoms with Crippen molar-refractivity contribution in [3.8, 4) is 0 Å². The van der Waals surface area contributed by atoms with E-state index in [1.807, 2.05) is 0 Å². The van der Waals surface area contributed by atoms with Crippen molar-refractivity contribution in [2.75, 3.05) is 0 Å². The average Bonchev–Trinajstić information content (AvgIpc) is 2.37. The van der Waals surface area contributed by atoms with Gasteiger partial charge in [0.1, 0.15) is 11.6 Å². The van der Waals surface area contributed by atoms with E-state index in [2.05, 4.69) is 6.92 Å². The number of halogens is 2. The van der Waals surface area contributed by atoms with Crippen LogP contribution in [0.2, 0.25) is 0 Å². The van der Waals surface area contributed by atoms with Gasteiger partial charge < -0.3 is 0 Å². The number of carbonyl (C=O) groups excluding carboxylic acids is 1. The zero-order chi connectivity index (χ0) is 13.1. The van der Waals surface area contributed by atoms with E-state index in [1.54, 1.807) is 0 Å². The topological polar surface area (TPSA) is 17.1 Å². The number of hydrogen-bond donors (Lipinski definition) is 0. The zero-order valence-corrected chi connectivity index (χ0v) is 10.6. The molecule has 1 aliphatic carbocycles. The monoisotopic (exact) mass is 252 g/mol. The quantitative estimate of drug-likeness (QED) is 0.730. The second kappa shape index (κ2) is 5.59. The van der Waals surface area contributed by atoms with Crippen LogP contribution >= 0.6 is 0 Å². The summed E-state index contributed by atoms with van der Waals surface area (Å²) < 4.78 is 26.2. The van der Waals surface area contributed by atoms with Gasteiger partial charge in [-0.05, 0) is 30.9 Å². The summed E-state index contributed by atoms with van der Waals surface area (Å²) in [6.45, 7) is 2.12. The summed E-state index contributed by atoms with van der Waals surface area (Å²) >= 11 is 0. The molecule has 2 unspecified atom stereocenters. The van der Waals surface area contributed by atoms with Crippen molar-refractivity contribution >= 4 is 5.78 Å². The molecule has 1 saturated carbocycles. The molecule has 0 saturated heterocycles. The highest BCUT2D eigenvalue weighted by molar-refractivity contribution is 5.97. The van der Waals surface area contributed by atoms with E-state index in [1.165, 1.54) is 0 Å². The van der Waals surface area contributed by atoms with Crippen LogP contribution in [0.25, 0.3) is 0 Å². The van der Waals surface area contributed by atoms with E-state index < -0.39 is 11.6 Å². The van der Waals surface area contributed by atoms with Crippen molar-refractivity contribution in [3.63, 3.8) is 0 Å². The Bertz CT molecular complexity index is 422. The Kier molecular flexibility index (Phi) is 4.10. The SMILES string of the molecule is CCC1CCCC(C(=O)c2cc(F)cc(F)c2)C1. The third kappa shape index (κ3) is 2.95. The fourth-order valence-electron chi connectivity index (χ4n) is 2.83. The van der Waals surface area contributed by atoms with Crippen molar-refractivity contribution in [1.29, 1.82) is 0 Å². The minimum Gasteiger partial charge on any atom is -0.294 e. The van der Waals surface area contributed by atoms with Crippen molar-refractivity contribution < 1.29 is 13.6 Å². The van der Waals surface area contributed by atoms with Crippen LogP contribution in [0.3, 0.4) is 0 Å². The van der Waals surface area contributed by atoms with Gasteiger partial charge in [0, 0.05) is 17.5 Å². The molecular formula is C15H18F2O. The van der Waals surface area contributed by atoms with E-state index in [-0.39, 0.29) is 17.3 Å². The van der Waals surface area contributed by atoms with Gasteiger partial charge in [0.2, 0.25) is 0 Å². The standard InChI is InChI=1S/C15H18F2O/c1-2-10-4-3-5-11(6-10)15(18)12-7-13(16)9-14(17)8-12/h7-11H,2-6H2,1H3. The molecule has 0 bridgehead atoms. The lowest BCUT2D eigenvalue weighted by atomic mass is 9.77. The van der Waals surface area contributed by atoms with E-state index in [9.17, 15) is 13.6 Å². The summed E-state index contributed by atoms with van der Waals surface area (Å²) in [6, 6.07) is 3.08. The van der Waals surface area contributed by atoms with Gasteiger partial charge in [-0.2, -0.15) is 0 Å². The molecule has 2 atom stereocenters. The number of rotatable bonds is 3. The summed E-state index contributed by atoms with van der Waals surface area (Å²) in [6.07, 6.45) is 4.97. The molecule has 1 aliphatic rings. The molecule has 0 spiro atoms. The van der Waals surface area contributed by atoms with Gasteiger partial charge in [0.05, 0.1) is 0 Å². The lowest BCUT2D eigenvalue weighted by molar-refractivity contribution is 0.0861. The van der Waals surface area contributed by atoms with Gasteiger partial charge in [0.15, 0.2) is 5.78 Å². The summed E-state index contributed by atoms with van der Waals surface area (Å²) in [5, 5.41) is 0. The Morgan fingerprint density at radius 2 is 1.89 bits per heavy atom. The predicted octanol–water partition coefficient (Wildman–Crippen LogP) is 4.36. The molecule has 0 amide bonds. The zero-order valence-electron chi connectivity index (χ0n) is 10.6. The number of carbonyl (C=O) groups is 1. The van der Waals surface area contributed by atoms with E-state index in [4.69, 9.17) is 0 Å². The Hall–Kier alpha value is -1.25. The third-order valence-electron chi connectivity index (χ3n) is 3.88. The molecule has 18 heavy (non-hydrogen) atoms. The van der Waals surface area contributed by atoms with Crippen LogP contribution in [0.4, 0.5) is 8.78 Å². The molecular weight excluding hydrogens is 234 g/mol. The molecule has 1 aromatic rings. The highest BCUT2D eigenvalue weighted by Gasteiger charge is 2.27. The molecule has 0 heterocycles. The molecule has 3 heteroatoms. The second-order valence-corrected chi connectivity index (χ2v) is 5.16. The third-order valence-corrected chi connectivity index (χ3v) is 3.88. The van der Waals surface area contributed by atoms with Crippen LogP contribution in [-0.4, -0.2) is 5.78 Å². The molecule has 0 aromatic heterocycles. The van der Waals surface area contributed by atoms with Crippen molar-refractivity contribution in [3.05, 3.63) is 35.4 Å². The van der Waals surface area contributed by atoms with Gasteiger partial charge >= 0.3 is 0 Å². The molecule has 0 N–H and O–H groups in total. The summed E-state index contributed by atoms with van der Waals surface area (Å²) in [5.74, 6) is -0.954. The fourth-order valence-corrected chi connectivity index (χ4v) is 2.83. The molecule has 0 aliphatic heterocycles. The first-order valence-electron chi connectivity index (χ1n) is 6.60. The molecule has 1 aromatic carbocycles. The van der Waals surface area contributed by atoms with Crippen LogP contribution in [0.5, 0.6) is 0 Å². The maximum Gasteiger partial charge on any atom is 0.166 e. The van der Waals surface area contributed by atoms with Gasteiger partial charge in [-0.25, -0.2) is 8.78 Å². The van der Waals surface area contributed by atoms with Crippen molar-refractivity contribution in [2.45, 2.75) is 39.0 Å². The normalized spacial score (nSPS) is 23.9. The highest BCUT2D eigenvalue weighted by Crippen LogP contribution is 2.33. The van der Waals surface area contributed by atoms with Crippen LogP contribution < -0.4 is 0 Å². The Balaban J connectivity index is 2.15. The van der Waals surface area contributed by atoms with Crippen LogP contribution in [0, 0.1) is 23.5 Å². The Morgan fingerprint density at radius 3 is 2.50 bits per heavy atom. The maximum atomic E-state index is 13.1. The van der Waals surface area contributed by atoms with Crippen LogP contribution in [0.1, 0.15) is 49.4 Å². The van der Waals surface area contributed by atoms with Gasteiger partial charge in [-0.3, -0.25) is 4.79 Å². The molecule has 0 radical (unpaired) electrons. The van der Waals surface area contributed by atoms with E-state index in [0.717, 1.165) is 50.3 Å². The first kappa shape index (κ1) is 13.2. The largest absolute Gasteiger partial charge is 0.294 e. The number of Topliss-reactive ketones (excluding diaryl/α,β-unsaturated/α-hetero) is 1. The lowest BCUT2D eigenvalue weighted by Crippen LogP contribution is -2.23. The minimum absolute atomic E-state index is 0.0649. The summed E-state index contributed by atoms with van der Waals surface area (Å²) in [5.41, 5.74) is 0.175. The lowest BCUT2D eigenvalue weighted by Gasteiger charge is -2.27.